The van der Waals surface area contributed by atoms with Gasteiger partial charge in [-0.15, -0.1) is 0 Å². The van der Waals surface area contributed by atoms with Gasteiger partial charge in [0.2, 0.25) is 0 Å². The summed E-state index contributed by atoms with van der Waals surface area (Å²) in [4.78, 5) is 7.93. The molecule has 0 bridgehead atoms. The van der Waals surface area contributed by atoms with Crippen LogP contribution >= 0.6 is 0 Å². The van der Waals surface area contributed by atoms with E-state index in [9.17, 15) is 0 Å². The average Bonchev–Trinajstić information content (AvgIpc) is 2.23. The number of aryl methyl sites for hydroxylation is 1. The quantitative estimate of drug-likeness (QED) is 0.700. The van der Waals surface area contributed by atoms with E-state index in [0.29, 0.717) is 17.2 Å². The van der Waals surface area contributed by atoms with Crippen LogP contribution in [0.3, 0.4) is 0 Å². The maximum absolute atomic E-state index is 7.26. The van der Waals surface area contributed by atoms with Crippen LogP contribution in [0.5, 0.6) is 0 Å². The van der Waals surface area contributed by atoms with Crippen LogP contribution in [0, 0.1) is 12.3 Å². The van der Waals surface area contributed by atoms with E-state index in [-0.39, 0.29) is 0 Å². The molecule has 0 radical (unpaired) electrons. The Morgan fingerprint density at radius 1 is 1.27 bits per heavy atom. The molecule has 4 nitrogen and oxygen atoms in total. The molecule has 0 unspecified atom stereocenters. The van der Waals surface area contributed by atoms with Gasteiger partial charge in [-0.1, -0.05) is 27.7 Å². The van der Waals surface area contributed by atoms with Gasteiger partial charge in [-0.2, -0.15) is 0 Å². The second-order valence-electron chi connectivity index (χ2n) is 2.37. The van der Waals surface area contributed by atoms with Gasteiger partial charge < -0.3 is 11.1 Å². The van der Waals surface area contributed by atoms with Crippen molar-refractivity contribution in [1.82, 2.24) is 9.97 Å². The smallest absolute Gasteiger partial charge is 0.151 e. The first-order valence-corrected chi connectivity index (χ1v) is 5.26. The van der Waals surface area contributed by atoms with Crippen molar-refractivity contribution in [3.8, 4) is 0 Å². The van der Waals surface area contributed by atoms with Crippen molar-refractivity contribution >= 4 is 11.5 Å². The van der Waals surface area contributed by atoms with Crippen LogP contribution in [0.2, 0.25) is 0 Å². The molecule has 0 aliphatic rings. The molecule has 1 rings (SSSR count). The largest absolute Gasteiger partial charge is 0.382 e. The van der Waals surface area contributed by atoms with Crippen molar-refractivity contribution in [2.24, 2.45) is 0 Å². The number of hydrogen-bond donors (Lipinski definition) is 2. The van der Waals surface area contributed by atoms with E-state index >= 15 is 0 Å². The normalized spacial score (nSPS) is 7.87. The van der Waals surface area contributed by atoms with Crippen molar-refractivity contribution in [2.75, 3.05) is 5.73 Å². The third-order valence-corrected chi connectivity index (χ3v) is 1.28. The Labute approximate surface area is 92.5 Å². The number of nitrogens with one attached hydrogen (secondary N) is 1. The predicted octanol–water partition coefficient (Wildman–Crippen LogP) is 2.81. The summed E-state index contributed by atoms with van der Waals surface area (Å²) < 4.78 is 0. The van der Waals surface area contributed by atoms with Gasteiger partial charge in [-0.3, -0.25) is 0 Å². The summed E-state index contributed by atoms with van der Waals surface area (Å²) in [5.41, 5.74) is 7.09. The minimum atomic E-state index is 0.331. The molecule has 0 fully saturated rings. The molecule has 0 aliphatic heterocycles. The topological polar surface area (TPSA) is 75.7 Å². The molecule has 0 amide bonds. The lowest BCUT2D eigenvalue weighted by molar-refractivity contribution is 1.11. The summed E-state index contributed by atoms with van der Waals surface area (Å²) >= 11 is 0. The first kappa shape index (κ1) is 16.0. The number of hydrogen-bond acceptors (Lipinski definition) is 4. The van der Waals surface area contributed by atoms with Crippen LogP contribution in [-0.4, -0.2) is 15.7 Å². The van der Waals surface area contributed by atoms with Gasteiger partial charge in [-0.25, -0.2) is 9.97 Å². The molecule has 1 aromatic heterocycles. The molecular formula is C11H22N4. The monoisotopic (exact) mass is 210 g/mol. The third kappa shape index (κ3) is 5.78. The first-order chi connectivity index (χ1) is 7.11. The fraction of sp³-hybridized carbons (Fsp3) is 0.545. The van der Waals surface area contributed by atoms with E-state index in [4.69, 9.17) is 11.1 Å². The number of nitrogens with two attached hydrogens (primary N) is 1. The fourth-order valence-electron chi connectivity index (χ4n) is 0.785. The van der Waals surface area contributed by atoms with E-state index in [1.807, 2.05) is 34.6 Å². The number of anilines is 1. The highest BCUT2D eigenvalue weighted by molar-refractivity contribution is 5.98. The van der Waals surface area contributed by atoms with Crippen molar-refractivity contribution in [3.63, 3.8) is 0 Å². The van der Waals surface area contributed by atoms with Crippen LogP contribution in [-0.2, 0) is 0 Å². The molecule has 0 saturated heterocycles. The fourth-order valence-corrected chi connectivity index (χ4v) is 0.785. The highest BCUT2D eigenvalue weighted by Crippen LogP contribution is 2.05. The van der Waals surface area contributed by atoms with Crippen LogP contribution in [0.25, 0.3) is 0 Å². The number of nitrogens with zero attached hydrogens (tertiary/aromatic N) is 2. The molecular weight excluding hydrogens is 188 g/mol. The van der Waals surface area contributed by atoms with Gasteiger partial charge in [0.25, 0.3) is 0 Å². The molecule has 3 N–H and O–H groups in total. The van der Waals surface area contributed by atoms with Gasteiger partial charge in [0.1, 0.15) is 5.69 Å². The van der Waals surface area contributed by atoms with Gasteiger partial charge in [0.15, 0.2) is 5.82 Å². The van der Waals surface area contributed by atoms with E-state index in [1.54, 1.807) is 13.1 Å². The summed E-state index contributed by atoms with van der Waals surface area (Å²) in [6.45, 7) is 11.4. The van der Waals surface area contributed by atoms with E-state index in [0.717, 1.165) is 5.69 Å². The van der Waals surface area contributed by atoms with E-state index in [1.165, 1.54) is 0 Å². The maximum Gasteiger partial charge on any atom is 0.151 e. The summed E-state index contributed by atoms with van der Waals surface area (Å²) in [6.07, 6.45) is 1.60. The van der Waals surface area contributed by atoms with Crippen LogP contribution in [0.1, 0.15) is 46.0 Å². The van der Waals surface area contributed by atoms with E-state index < -0.39 is 0 Å². The highest BCUT2D eigenvalue weighted by atomic mass is 14.9. The van der Waals surface area contributed by atoms with Crippen molar-refractivity contribution in [3.05, 3.63) is 17.6 Å². The Morgan fingerprint density at radius 3 is 2.07 bits per heavy atom. The first-order valence-electron chi connectivity index (χ1n) is 5.26. The van der Waals surface area contributed by atoms with Gasteiger partial charge in [-0.05, 0) is 13.8 Å². The molecule has 0 aromatic carbocycles. The molecule has 86 valence electrons. The zero-order chi connectivity index (χ0) is 12.4. The zero-order valence-electron chi connectivity index (χ0n) is 10.5. The predicted molar refractivity (Wildman–Crippen MR) is 66.4 cm³/mol. The molecule has 0 aliphatic carbocycles. The molecule has 4 heteroatoms. The number of nitrogen functional groups attached to an aromatic ring is 1. The second kappa shape index (κ2) is 9.12. The summed E-state index contributed by atoms with van der Waals surface area (Å²) in [6, 6.07) is 0. The highest BCUT2D eigenvalue weighted by Gasteiger charge is 2.03. The van der Waals surface area contributed by atoms with Gasteiger partial charge in [0, 0.05) is 6.20 Å². The van der Waals surface area contributed by atoms with Crippen LogP contribution < -0.4 is 5.73 Å². The Bertz CT molecular complexity index is 295. The van der Waals surface area contributed by atoms with Gasteiger partial charge >= 0.3 is 0 Å². The Balaban J connectivity index is 0. The molecule has 0 spiro atoms. The summed E-state index contributed by atoms with van der Waals surface area (Å²) in [5, 5.41) is 7.26. The Hall–Kier alpha value is -1.45. The van der Waals surface area contributed by atoms with Crippen molar-refractivity contribution < 1.29 is 0 Å². The van der Waals surface area contributed by atoms with Crippen molar-refractivity contribution in [1.29, 1.82) is 5.41 Å². The Morgan fingerprint density at radius 2 is 1.73 bits per heavy atom. The lowest BCUT2D eigenvalue weighted by Crippen LogP contribution is -2.05. The number of aromatic nitrogens is 2. The molecule has 1 aromatic rings. The number of rotatable bonds is 1. The lowest BCUT2D eigenvalue weighted by Gasteiger charge is -2.00. The van der Waals surface area contributed by atoms with Crippen molar-refractivity contribution in [2.45, 2.75) is 41.5 Å². The molecule has 0 saturated carbocycles. The lowest BCUT2D eigenvalue weighted by atomic mass is 10.3. The molecule has 15 heavy (non-hydrogen) atoms. The summed E-state index contributed by atoms with van der Waals surface area (Å²) in [7, 11) is 0. The second-order valence-corrected chi connectivity index (χ2v) is 2.37. The SMILES string of the molecule is CC.CC.CC(=N)c1ncc(C)nc1N. The third-order valence-electron chi connectivity index (χ3n) is 1.28. The van der Waals surface area contributed by atoms with E-state index in [2.05, 4.69) is 9.97 Å². The van der Waals surface area contributed by atoms with Crippen LogP contribution in [0.15, 0.2) is 6.20 Å². The molecule has 1 heterocycles. The molecule has 0 atom stereocenters. The maximum atomic E-state index is 7.26. The minimum Gasteiger partial charge on any atom is -0.382 e. The van der Waals surface area contributed by atoms with Crippen LogP contribution in [0.4, 0.5) is 5.82 Å². The zero-order valence-corrected chi connectivity index (χ0v) is 10.5. The minimum absolute atomic E-state index is 0.331. The Kier molecular flexibility index (Phi) is 9.73. The standard InChI is InChI=1S/C7H10N4.2C2H6/c1-4-3-10-6(5(2)8)7(9)11-4;2*1-2/h3,8H,1-2H3,(H2,9,11);2*1-2H3. The van der Waals surface area contributed by atoms with Gasteiger partial charge in [0.05, 0.1) is 11.4 Å². The average molecular weight is 210 g/mol. The summed E-state index contributed by atoms with van der Waals surface area (Å²) in [5.74, 6) is 0.331.